The fraction of sp³-hybridized carbons (Fsp3) is 0.647. The van der Waals surface area contributed by atoms with E-state index in [0.29, 0.717) is 12.0 Å². The standard InChI is InChI=1S/C17H25F2NO3S/c1-2-15(14-10-6-7-11-16(14)23-17(18)19)20-24(21,22)12-13-8-4-3-5-9-13/h6-7,10-11,13,15,17,20H,2-5,8-9,12H2,1H3/t15-/m1/s1. The fourth-order valence-electron chi connectivity index (χ4n) is 3.27. The molecule has 2 rings (SSSR count). The molecule has 0 spiro atoms. The van der Waals surface area contributed by atoms with Crippen molar-refractivity contribution in [2.75, 3.05) is 5.75 Å². The van der Waals surface area contributed by atoms with Crippen molar-refractivity contribution in [3.8, 4) is 5.75 Å². The molecule has 1 aliphatic rings. The van der Waals surface area contributed by atoms with Crippen molar-refractivity contribution < 1.29 is 21.9 Å². The number of hydrogen-bond donors (Lipinski definition) is 1. The van der Waals surface area contributed by atoms with Crippen molar-refractivity contribution in [3.63, 3.8) is 0 Å². The van der Waals surface area contributed by atoms with E-state index in [-0.39, 0.29) is 17.4 Å². The number of ether oxygens (including phenoxy) is 1. The third-order valence-corrected chi connectivity index (χ3v) is 5.97. The maximum Gasteiger partial charge on any atom is 0.387 e. The summed E-state index contributed by atoms with van der Waals surface area (Å²) in [5.74, 6) is 0.294. The van der Waals surface area contributed by atoms with E-state index in [4.69, 9.17) is 0 Å². The van der Waals surface area contributed by atoms with E-state index < -0.39 is 22.7 Å². The first kappa shape index (κ1) is 19.1. The number of hydrogen-bond acceptors (Lipinski definition) is 3. The predicted molar refractivity (Wildman–Crippen MR) is 89.6 cm³/mol. The number of alkyl halides is 2. The van der Waals surface area contributed by atoms with Crippen LogP contribution in [0.3, 0.4) is 0 Å². The van der Waals surface area contributed by atoms with Crippen molar-refractivity contribution >= 4 is 10.0 Å². The Bertz CT molecular complexity index is 616. The summed E-state index contributed by atoms with van der Waals surface area (Å²) in [6.07, 6.45) is 5.63. The van der Waals surface area contributed by atoms with E-state index in [1.54, 1.807) is 18.2 Å². The second kappa shape index (κ2) is 8.76. The van der Waals surface area contributed by atoms with Gasteiger partial charge in [0.05, 0.1) is 11.8 Å². The topological polar surface area (TPSA) is 55.4 Å². The molecule has 1 atom stereocenters. The average molecular weight is 361 g/mol. The quantitative estimate of drug-likeness (QED) is 0.753. The summed E-state index contributed by atoms with van der Waals surface area (Å²) in [4.78, 5) is 0. The van der Waals surface area contributed by atoms with Gasteiger partial charge >= 0.3 is 6.61 Å². The van der Waals surface area contributed by atoms with Crippen LogP contribution in [0.2, 0.25) is 0 Å². The first-order valence-corrected chi connectivity index (χ1v) is 10.1. The summed E-state index contributed by atoms with van der Waals surface area (Å²) < 4.78 is 57.2. The van der Waals surface area contributed by atoms with Gasteiger partial charge in [0.25, 0.3) is 0 Å². The summed E-state index contributed by atoms with van der Waals surface area (Å²) >= 11 is 0. The number of benzene rings is 1. The van der Waals surface area contributed by atoms with Crippen molar-refractivity contribution in [2.45, 2.75) is 58.1 Å². The zero-order valence-corrected chi connectivity index (χ0v) is 14.7. The van der Waals surface area contributed by atoms with Crippen LogP contribution in [0.25, 0.3) is 0 Å². The maximum absolute atomic E-state index is 12.6. The Labute approximate surface area is 142 Å². The molecule has 4 nitrogen and oxygen atoms in total. The molecule has 0 bridgehead atoms. The molecule has 0 aromatic heterocycles. The van der Waals surface area contributed by atoms with E-state index >= 15 is 0 Å². The number of para-hydroxylation sites is 1. The Balaban J connectivity index is 2.10. The van der Waals surface area contributed by atoms with Crippen molar-refractivity contribution in [3.05, 3.63) is 29.8 Å². The van der Waals surface area contributed by atoms with E-state index in [9.17, 15) is 17.2 Å². The highest BCUT2D eigenvalue weighted by molar-refractivity contribution is 7.89. The molecule has 136 valence electrons. The van der Waals surface area contributed by atoms with Gasteiger partial charge in [-0.25, -0.2) is 13.1 Å². The monoisotopic (exact) mass is 361 g/mol. The second-order valence-electron chi connectivity index (χ2n) is 6.28. The molecule has 1 fully saturated rings. The number of halogens is 2. The molecule has 0 amide bonds. The van der Waals surface area contributed by atoms with Crippen LogP contribution in [-0.2, 0) is 10.0 Å². The maximum atomic E-state index is 12.6. The molecule has 1 aromatic carbocycles. The smallest absolute Gasteiger partial charge is 0.387 e. The summed E-state index contributed by atoms with van der Waals surface area (Å²) in [6, 6.07) is 5.75. The predicted octanol–water partition coefficient (Wildman–Crippen LogP) is 4.24. The van der Waals surface area contributed by atoms with Crippen LogP contribution in [0.4, 0.5) is 8.78 Å². The molecule has 0 aliphatic heterocycles. The molecule has 1 aromatic rings. The molecular formula is C17H25F2NO3S. The van der Waals surface area contributed by atoms with Crippen LogP contribution in [0, 0.1) is 5.92 Å². The SMILES string of the molecule is CC[C@@H](NS(=O)(=O)CC1CCCCC1)c1ccccc1OC(F)F. The number of nitrogens with one attached hydrogen (secondary N) is 1. The van der Waals surface area contributed by atoms with Gasteiger partial charge < -0.3 is 4.74 Å². The Morgan fingerprint density at radius 1 is 1.21 bits per heavy atom. The molecule has 0 heterocycles. The van der Waals surface area contributed by atoms with Crippen LogP contribution in [0.15, 0.2) is 24.3 Å². The molecular weight excluding hydrogens is 336 g/mol. The van der Waals surface area contributed by atoms with Crippen molar-refractivity contribution in [2.24, 2.45) is 5.92 Å². The first-order valence-electron chi connectivity index (χ1n) is 8.45. The van der Waals surface area contributed by atoms with Gasteiger partial charge in [-0.3, -0.25) is 0 Å². The summed E-state index contributed by atoms with van der Waals surface area (Å²) in [7, 11) is -3.48. The lowest BCUT2D eigenvalue weighted by atomic mass is 9.91. The molecule has 0 radical (unpaired) electrons. The van der Waals surface area contributed by atoms with Gasteiger partial charge in [0, 0.05) is 5.56 Å². The lowest BCUT2D eigenvalue weighted by molar-refractivity contribution is -0.0506. The zero-order valence-electron chi connectivity index (χ0n) is 13.9. The third kappa shape index (κ3) is 5.70. The first-order chi connectivity index (χ1) is 11.4. The van der Waals surface area contributed by atoms with Crippen LogP contribution in [0.1, 0.15) is 57.1 Å². The van der Waals surface area contributed by atoms with Gasteiger partial charge in [-0.05, 0) is 31.2 Å². The molecule has 1 saturated carbocycles. The Kier molecular flexibility index (Phi) is 6.98. The van der Waals surface area contributed by atoms with E-state index in [0.717, 1.165) is 25.7 Å². The van der Waals surface area contributed by atoms with E-state index in [1.807, 2.05) is 6.92 Å². The van der Waals surface area contributed by atoms with Gasteiger partial charge in [0.2, 0.25) is 10.0 Å². The Morgan fingerprint density at radius 3 is 2.50 bits per heavy atom. The molecule has 0 unspecified atom stereocenters. The summed E-state index contributed by atoms with van der Waals surface area (Å²) in [5.41, 5.74) is 0.438. The van der Waals surface area contributed by atoms with Crippen LogP contribution in [0.5, 0.6) is 5.75 Å². The second-order valence-corrected chi connectivity index (χ2v) is 8.08. The van der Waals surface area contributed by atoms with Crippen LogP contribution in [-0.4, -0.2) is 20.8 Å². The molecule has 1 aliphatic carbocycles. The largest absolute Gasteiger partial charge is 0.434 e. The fourth-order valence-corrected chi connectivity index (χ4v) is 5.04. The highest BCUT2D eigenvalue weighted by Gasteiger charge is 2.25. The van der Waals surface area contributed by atoms with Crippen LogP contribution < -0.4 is 9.46 Å². The summed E-state index contributed by atoms with van der Waals surface area (Å²) in [5, 5.41) is 0. The normalized spacial score (nSPS) is 17.8. The number of sulfonamides is 1. The Hall–Kier alpha value is -1.21. The minimum absolute atomic E-state index is 0.0136. The van der Waals surface area contributed by atoms with Crippen molar-refractivity contribution in [1.29, 1.82) is 0 Å². The van der Waals surface area contributed by atoms with Gasteiger partial charge in [-0.2, -0.15) is 8.78 Å². The number of rotatable bonds is 8. The van der Waals surface area contributed by atoms with Gasteiger partial charge in [0.1, 0.15) is 5.75 Å². The van der Waals surface area contributed by atoms with E-state index in [2.05, 4.69) is 9.46 Å². The molecule has 1 N–H and O–H groups in total. The minimum Gasteiger partial charge on any atom is -0.434 e. The highest BCUT2D eigenvalue weighted by Crippen LogP contribution is 2.30. The average Bonchev–Trinajstić information content (AvgIpc) is 2.53. The van der Waals surface area contributed by atoms with Gasteiger partial charge in [-0.1, -0.05) is 44.4 Å². The lowest BCUT2D eigenvalue weighted by Gasteiger charge is -2.24. The Morgan fingerprint density at radius 2 is 1.88 bits per heavy atom. The molecule has 0 saturated heterocycles. The summed E-state index contributed by atoms with van der Waals surface area (Å²) in [6.45, 7) is -1.13. The minimum atomic E-state index is -3.48. The van der Waals surface area contributed by atoms with Crippen LogP contribution >= 0.6 is 0 Å². The third-order valence-electron chi connectivity index (χ3n) is 4.42. The zero-order chi connectivity index (χ0) is 17.6. The molecule has 24 heavy (non-hydrogen) atoms. The highest BCUT2D eigenvalue weighted by atomic mass is 32.2. The van der Waals surface area contributed by atoms with Gasteiger partial charge in [0.15, 0.2) is 0 Å². The van der Waals surface area contributed by atoms with Gasteiger partial charge in [-0.15, -0.1) is 0 Å². The molecule has 7 heteroatoms. The van der Waals surface area contributed by atoms with Crippen molar-refractivity contribution in [1.82, 2.24) is 4.72 Å². The van der Waals surface area contributed by atoms with E-state index in [1.165, 1.54) is 12.5 Å². The lowest BCUT2D eigenvalue weighted by Crippen LogP contribution is -2.33.